The first-order chi connectivity index (χ1) is 9.72. The second-order valence-corrected chi connectivity index (χ2v) is 6.15. The molecule has 0 aromatic carbocycles. The molecule has 2 heterocycles. The van der Waals surface area contributed by atoms with Crippen LogP contribution >= 0.6 is 0 Å². The van der Waals surface area contributed by atoms with Crippen LogP contribution in [0.2, 0.25) is 0 Å². The van der Waals surface area contributed by atoms with Gasteiger partial charge in [-0.15, -0.1) is 0 Å². The molecule has 1 amide bonds. The first-order valence-electron chi connectivity index (χ1n) is 7.74. The number of aromatic nitrogens is 2. The lowest BCUT2D eigenvalue weighted by atomic mass is 9.77. The van der Waals surface area contributed by atoms with Crippen LogP contribution in [-0.4, -0.2) is 27.8 Å². The second-order valence-electron chi connectivity index (χ2n) is 6.15. The number of hydrogen-bond acceptors (Lipinski definition) is 3. The number of amides is 1. The van der Waals surface area contributed by atoms with Gasteiger partial charge in [-0.2, -0.15) is 5.10 Å². The van der Waals surface area contributed by atoms with Gasteiger partial charge in [0.1, 0.15) is 0 Å². The number of fused-ring (bicyclic) bond motifs is 1. The Morgan fingerprint density at radius 2 is 2.25 bits per heavy atom. The molecule has 2 N–H and O–H groups in total. The lowest BCUT2D eigenvalue weighted by Crippen LogP contribution is -2.54. The van der Waals surface area contributed by atoms with Gasteiger partial charge >= 0.3 is 0 Å². The second kappa shape index (κ2) is 5.95. The summed E-state index contributed by atoms with van der Waals surface area (Å²) in [5, 5.41) is 10.8. The third kappa shape index (κ3) is 3.03. The Labute approximate surface area is 120 Å². The van der Waals surface area contributed by atoms with Gasteiger partial charge in [0.05, 0.1) is 18.3 Å². The fraction of sp³-hybridized carbons (Fsp3) is 0.733. The molecule has 2 aliphatic rings. The van der Waals surface area contributed by atoms with E-state index in [1.165, 1.54) is 32.1 Å². The van der Waals surface area contributed by atoms with E-state index in [2.05, 4.69) is 15.7 Å². The number of rotatable bonds is 3. The van der Waals surface area contributed by atoms with Crippen LogP contribution in [0, 0.1) is 5.92 Å². The summed E-state index contributed by atoms with van der Waals surface area (Å²) in [5.74, 6) is 0.920. The maximum Gasteiger partial charge on any atom is 0.237 e. The van der Waals surface area contributed by atoms with Crippen molar-refractivity contribution in [2.24, 2.45) is 13.0 Å². The van der Waals surface area contributed by atoms with Crippen LogP contribution in [0.5, 0.6) is 0 Å². The molecule has 1 aliphatic carbocycles. The highest BCUT2D eigenvalue weighted by molar-refractivity contribution is 5.81. The number of carbonyl (C=O) groups is 1. The van der Waals surface area contributed by atoms with Crippen LogP contribution < -0.4 is 10.6 Å². The largest absolute Gasteiger partial charge is 0.349 e. The van der Waals surface area contributed by atoms with Crippen molar-refractivity contribution in [3.8, 4) is 0 Å². The van der Waals surface area contributed by atoms with E-state index in [-0.39, 0.29) is 11.9 Å². The molecule has 1 aliphatic heterocycles. The molecule has 5 heteroatoms. The molecule has 110 valence electrons. The molecule has 0 bridgehead atoms. The smallest absolute Gasteiger partial charge is 0.237 e. The van der Waals surface area contributed by atoms with E-state index in [4.69, 9.17) is 0 Å². The highest BCUT2D eigenvalue weighted by atomic mass is 16.2. The summed E-state index contributed by atoms with van der Waals surface area (Å²) >= 11 is 0. The number of nitrogens with zero attached hydrogens (tertiary/aromatic N) is 2. The van der Waals surface area contributed by atoms with Crippen LogP contribution in [0.25, 0.3) is 0 Å². The Morgan fingerprint density at radius 1 is 1.40 bits per heavy atom. The Bertz CT molecular complexity index is 470. The van der Waals surface area contributed by atoms with Gasteiger partial charge in [0.15, 0.2) is 0 Å². The minimum atomic E-state index is -0.0157. The van der Waals surface area contributed by atoms with Gasteiger partial charge in [0.2, 0.25) is 5.91 Å². The molecule has 1 saturated heterocycles. The summed E-state index contributed by atoms with van der Waals surface area (Å²) in [6.45, 7) is 0.520. The number of hydrogen-bond donors (Lipinski definition) is 2. The molecule has 3 unspecified atom stereocenters. The molecule has 3 rings (SSSR count). The number of aryl methyl sites for hydroxylation is 1. The minimum absolute atomic E-state index is 0.0157. The van der Waals surface area contributed by atoms with Gasteiger partial charge in [-0.3, -0.25) is 9.48 Å². The predicted octanol–water partition coefficient (Wildman–Crippen LogP) is 1.35. The maximum absolute atomic E-state index is 12.2. The number of piperidine rings is 1. The van der Waals surface area contributed by atoms with Gasteiger partial charge in [0.25, 0.3) is 0 Å². The monoisotopic (exact) mass is 276 g/mol. The van der Waals surface area contributed by atoms with E-state index in [0.717, 1.165) is 18.0 Å². The highest BCUT2D eigenvalue weighted by Gasteiger charge is 2.34. The fourth-order valence-corrected chi connectivity index (χ4v) is 3.56. The third-order valence-corrected chi connectivity index (χ3v) is 4.68. The molecule has 0 radical (unpaired) electrons. The predicted molar refractivity (Wildman–Crippen MR) is 77.0 cm³/mol. The third-order valence-electron chi connectivity index (χ3n) is 4.68. The molecule has 0 spiro atoms. The SMILES string of the molecule is Cn1ccc(CNC(=O)C2CCC3CCCCC3N2)n1. The molecule has 2 fully saturated rings. The summed E-state index contributed by atoms with van der Waals surface area (Å²) in [6.07, 6.45) is 9.28. The molecular weight excluding hydrogens is 252 g/mol. The van der Waals surface area contributed by atoms with Crippen molar-refractivity contribution >= 4 is 5.91 Å². The van der Waals surface area contributed by atoms with Crippen LogP contribution in [0.4, 0.5) is 0 Å². The van der Waals surface area contributed by atoms with Gasteiger partial charge in [-0.1, -0.05) is 12.8 Å². The maximum atomic E-state index is 12.2. The van der Waals surface area contributed by atoms with E-state index in [9.17, 15) is 4.79 Å². The zero-order valence-electron chi connectivity index (χ0n) is 12.1. The normalized spacial score (nSPS) is 29.8. The van der Waals surface area contributed by atoms with E-state index >= 15 is 0 Å². The molecule has 1 saturated carbocycles. The van der Waals surface area contributed by atoms with Crippen molar-refractivity contribution in [1.29, 1.82) is 0 Å². The van der Waals surface area contributed by atoms with Crippen molar-refractivity contribution < 1.29 is 4.79 Å². The number of carbonyl (C=O) groups excluding carboxylic acids is 1. The molecule has 1 aromatic rings. The van der Waals surface area contributed by atoms with Crippen molar-refractivity contribution in [3.05, 3.63) is 18.0 Å². The summed E-state index contributed by atoms with van der Waals surface area (Å²) in [7, 11) is 1.89. The lowest BCUT2D eigenvalue weighted by molar-refractivity contribution is -0.124. The molecule has 20 heavy (non-hydrogen) atoms. The molecular formula is C15H24N4O. The van der Waals surface area contributed by atoms with E-state index in [1.807, 2.05) is 19.3 Å². The fourth-order valence-electron chi connectivity index (χ4n) is 3.56. The molecule has 5 nitrogen and oxygen atoms in total. The topological polar surface area (TPSA) is 59.0 Å². The van der Waals surface area contributed by atoms with Crippen molar-refractivity contribution in [3.63, 3.8) is 0 Å². The Balaban J connectivity index is 1.50. The van der Waals surface area contributed by atoms with Crippen LogP contribution in [0.3, 0.4) is 0 Å². The van der Waals surface area contributed by atoms with Gasteiger partial charge in [0, 0.05) is 19.3 Å². The first kappa shape index (κ1) is 13.6. The first-order valence-corrected chi connectivity index (χ1v) is 7.74. The van der Waals surface area contributed by atoms with Crippen LogP contribution in [-0.2, 0) is 18.4 Å². The summed E-state index contributed by atoms with van der Waals surface area (Å²) < 4.78 is 1.76. The van der Waals surface area contributed by atoms with Gasteiger partial charge in [-0.05, 0) is 37.7 Å². The zero-order chi connectivity index (χ0) is 13.9. The van der Waals surface area contributed by atoms with Crippen molar-refractivity contribution in [2.45, 2.75) is 57.2 Å². The van der Waals surface area contributed by atoms with E-state index in [0.29, 0.717) is 12.6 Å². The highest BCUT2D eigenvalue weighted by Crippen LogP contribution is 2.32. The average Bonchev–Trinajstić information content (AvgIpc) is 2.90. The van der Waals surface area contributed by atoms with Crippen LogP contribution in [0.1, 0.15) is 44.2 Å². The lowest BCUT2D eigenvalue weighted by Gasteiger charge is -2.39. The van der Waals surface area contributed by atoms with Crippen LogP contribution in [0.15, 0.2) is 12.3 Å². The average molecular weight is 276 g/mol. The minimum Gasteiger partial charge on any atom is -0.349 e. The number of nitrogens with one attached hydrogen (secondary N) is 2. The molecule has 3 atom stereocenters. The quantitative estimate of drug-likeness (QED) is 0.876. The van der Waals surface area contributed by atoms with E-state index in [1.54, 1.807) is 4.68 Å². The zero-order valence-corrected chi connectivity index (χ0v) is 12.1. The Hall–Kier alpha value is -1.36. The molecule has 1 aromatic heterocycles. The summed E-state index contributed by atoms with van der Waals surface area (Å²) in [6, 6.07) is 2.48. The standard InChI is InChI=1S/C15H24N4O/c1-19-9-8-12(18-19)10-16-15(20)14-7-6-11-4-2-3-5-13(11)17-14/h8-9,11,13-14,17H,2-7,10H2,1H3,(H,16,20). The van der Waals surface area contributed by atoms with E-state index < -0.39 is 0 Å². The van der Waals surface area contributed by atoms with Crippen molar-refractivity contribution in [1.82, 2.24) is 20.4 Å². The Kier molecular flexibility index (Phi) is 4.05. The summed E-state index contributed by atoms with van der Waals surface area (Å²) in [4.78, 5) is 12.2. The summed E-state index contributed by atoms with van der Waals surface area (Å²) in [5.41, 5.74) is 0.909. The van der Waals surface area contributed by atoms with Gasteiger partial charge < -0.3 is 10.6 Å². The van der Waals surface area contributed by atoms with Crippen molar-refractivity contribution in [2.75, 3.05) is 0 Å². The van der Waals surface area contributed by atoms with Gasteiger partial charge in [-0.25, -0.2) is 0 Å². The Morgan fingerprint density at radius 3 is 3.05 bits per heavy atom.